The van der Waals surface area contributed by atoms with Gasteiger partial charge in [0.25, 0.3) is 0 Å². The van der Waals surface area contributed by atoms with Gasteiger partial charge in [-0.3, -0.25) is 0 Å². The van der Waals surface area contributed by atoms with Gasteiger partial charge in [0.05, 0.1) is 11.1 Å². The van der Waals surface area contributed by atoms with Crippen LogP contribution in [0, 0.1) is 0 Å². The Bertz CT molecular complexity index is 1410. The van der Waals surface area contributed by atoms with E-state index in [4.69, 9.17) is 5.11 Å². The number of anilines is 2. The van der Waals surface area contributed by atoms with E-state index in [1.807, 2.05) is 39.0 Å². The minimum Gasteiger partial charge on any atom is -0.478 e. The Kier molecular flexibility index (Phi) is 15.3. The standard InChI is InChI=1S/C16H21F3N2O.C13H12N2O2.C5H8.C2H6/c1-3-11(2)13-7-6-12(10-14(13)16(17,18)19)20-15(22)21-8-4-5-9-21;1-14-12-6-5-11(8-15-12)9-3-2-4-10(7-9)13(16)17;1-5-3-2-4-5;1-2/h6-7,10-11H,3-5,8-9H2,1-2H3,(H,20,22);2-8H,1H3,(H,14,15)(H,16,17);1-4H2;1-2H3. The summed E-state index contributed by atoms with van der Waals surface area (Å²) in [4.78, 5) is 28.7. The van der Waals surface area contributed by atoms with E-state index in [-0.39, 0.29) is 28.8 Å². The largest absolute Gasteiger partial charge is 0.478 e. The van der Waals surface area contributed by atoms with Gasteiger partial charge in [-0.25, -0.2) is 14.6 Å². The van der Waals surface area contributed by atoms with E-state index in [1.54, 1.807) is 49.3 Å². The Morgan fingerprint density at radius 2 is 1.65 bits per heavy atom. The maximum absolute atomic E-state index is 13.2. The van der Waals surface area contributed by atoms with Gasteiger partial charge in [-0.15, -0.1) is 0 Å². The number of rotatable bonds is 6. The molecule has 46 heavy (non-hydrogen) atoms. The Hall–Kier alpha value is -4.34. The number of alkyl halides is 3. The van der Waals surface area contributed by atoms with E-state index >= 15 is 0 Å². The van der Waals surface area contributed by atoms with Gasteiger partial charge in [-0.1, -0.05) is 58.0 Å². The van der Waals surface area contributed by atoms with Crippen molar-refractivity contribution in [1.82, 2.24) is 9.88 Å². The van der Waals surface area contributed by atoms with Crippen molar-refractivity contribution in [2.24, 2.45) is 0 Å². The fourth-order valence-corrected chi connectivity index (χ4v) is 4.62. The zero-order chi connectivity index (χ0) is 34.3. The van der Waals surface area contributed by atoms with E-state index < -0.39 is 17.7 Å². The molecule has 0 radical (unpaired) electrons. The lowest BCUT2D eigenvalue weighted by Crippen LogP contribution is -2.32. The third kappa shape index (κ3) is 11.5. The average molecular weight is 641 g/mol. The number of nitrogens with zero attached hydrogens (tertiary/aromatic N) is 2. The highest BCUT2D eigenvalue weighted by atomic mass is 19.4. The minimum atomic E-state index is -4.42. The summed E-state index contributed by atoms with van der Waals surface area (Å²) >= 11 is 0. The highest BCUT2D eigenvalue weighted by molar-refractivity contribution is 5.90. The summed E-state index contributed by atoms with van der Waals surface area (Å²) in [6, 6.07) is 14.3. The summed E-state index contributed by atoms with van der Waals surface area (Å²) in [5, 5.41) is 14.4. The number of carbonyl (C=O) groups is 2. The van der Waals surface area contributed by atoms with E-state index in [9.17, 15) is 22.8 Å². The highest BCUT2D eigenvalue weighted by Crippen LogP contribution is 2.37. The lowest BCUT2D eigenvalue weighted by Gasteiger charge is -2.20. The van der Waals surface area contributed by atoms with Crippen LogP contribution < -0.4 is 10.6 Å². The second-order valence-corrected chi connectivity index (χ2v) is 10.9. The second kappa shape index (κ2) is 18.6. The third-order valence-electron chi connectivity index (χ3n) is 7.67. The Balaban J connectivity index is 0.000000270. The fraction of sp³-hybridized carbons (Fsp3) is 0.417. The summed E-state index contributed by atoms with van der Waals surface area (Å²) < 4.78 is 39.7. The van der Waals surface area contributed by atoms with E-state index in [1.165, 1.54) is 30.9 Å². The molecule has 7 nitrogen and oxygen atoms in total. The smallest absolute Gasteiger partial charge is 0.416 e. The van der Waals surface area contributed by atoms with Gasteiger partial charge in [0.1, 0.15) is 5.82 Å². The number of carboxylic acids is 1. The number of pyridine rings is 1. The zero-order valence-corrected chi connectivity index (χ0v) is 27.5. The van der Waals surface area contributed by atoms with Gasteiger partial charge >= 0.3 is 18.2 Å². The number of hydrogen-bond acceptors (Lipinski definition) is 4. The number of aromatic carboxylic acids is 1. The number of carbonyl (C=O) groups excluding carboxylic acids is 1. The molecule has 2 heterocycles. The molecule has 2 aromatic carbocycles. The minimum absolute atomic E-state index is 0.181. The van der Waals surface area contributed by atoms with E-state index in [0.29, 0.717) is 19.5 Å². The molecule has 2 aliphatic rings. The molecule has 2 amide bonds. The SMILES string of the molecule is C=C1CCC1.CC.CCC(C)c1ccc(NC(=O)N2CCCC2)cc1C(F)(F)F.CNc1ccc(-c2cccc(C(=O)O)c2)cn1. The van der Waals surface area contributed by atoms with Crippen LogP contribution in [0.5, 0.6) is 0 Å². The molecule has 10 heteroatoms. The van der Waals surface area contributed by atoms with Crippen molar-refractivity contribution in [2.45, 2.75) is 78.3 Å². The van der Waals surface area contributed by atoms with Crippen molar-refractivity contribution in [2.75, 3.05) is 30.8 Å². The molecule has 3 aromatic rings. The Labute approximate surface area is 270 Å². The van der Waals surface area contributed by atoms with Crippen LogP contribution in [-0.2, 0) is 6.18 Å². The van der Waals surface area contributed by atoms with Gasteiger partial charge in [-0.05, 0) is 92.0 Å². The van der Waals surface area contributed by atoms with Crippen LogP contribution in [0.1, 0.15) is 93.6 Å². The molecule has 0 bridgehead atoms. The average Bonchev–Trinajstić information content (AvgIpc) is 3.60. The van der Waals surface area contributed by atoms with Gasteiger partial charge in [0.2, 0.25) is 0 Å². The number of carboxylic acid groups (broad SMARTS) is 1. The van der Waals surface area contributed by atoms with Crippen molar-refractivity contribution in [3.63, 3.8) is 0 Å². The number of allylic oxidation sites excluding steroid dienone is 1. The van der Waals surface area contributed by atoms with Crippen LogP contribution in [0.4, 0.5) is 29.5 Å². The third-order valence-corrected chi connectivity index (χ3v) is 7.67. The number of benzene rings is 2. The van der Waals surface area contributed by atoms with Crippen molar-refractivity contribution in [3.8, 4) is 11.1 Å². The van der Waals surface area contributed by atoms with Gasteiger partial charge in [-0.2, -0.15) is 13.2 Å². The van der Waals surface area contributed by atoms with Crippen molar-refractivity contribution >= 4 is 23.5 Å². The summed E-state index contributed by atoms with van der Waals surface area (Å²) in [7, 11) is 1.80. The first-order valence-corrected chi connectivity index (χ1v) is 15.8. The molecule has 1 aliphatic carbocycles. The lowest BCUT2D eigenvalue weighted by atomic mass is 9.93. The molecule has 1 saturated heterocycles. The molecule has 1 aliphatic heterocycles. The first kappa shape index (κ1) is 37.8. The highest BCUT2D eigenvalue weighted by Gasteiger charge is 2.34. The first-order valence-electron chi connectivity index (χ1n) is 15.8. The second-order valence-electron chi connectivity index (χ2n) is 10.9. The molecule has 1 saturated carbocycles. The number of likely N-dealkylation sites (tertiary alicyclic amines) is 1. The summed E-state index contributed by atoms with van der Waals surface area (Å²) in [5.74, 6) is -0.324. The Morgan fingerprint density at radius 1 is 1.00 bits per heavy atom. The molecule has 5 rings (SSSR count). The number of amides is 2. The molecule has 1 aromatic heterocycles. The first-order chi connectivity index (χ1) is 21.9. The Morgan fingerprint density at radius 3 is 2.13 bits per heavy atom. The van der Waals surface area contributed by atoms with Gasteiger partial charge in [0, 0.05) is 37.6 Å². The molecular weight excluding hydrogens is 593 g/mol. The predicted octanol–water partition coefficient (Wildman–Crippen LogP) is 10.1. The monoisotopic (exact) mass is 640 g/mol. The van der Waals surface area contributed by atoms with Crippen molar-refractivity contribution in [3.05, 3.63) is 89.6 Å². The molecule has 2 fully saturated rings. The number of urea groups is 1. The number of aromatic nitrogens is 1. The van der Waals surface area contributed by atoms with E-state index in [2.05, 4.69) is 22.2 Å². The summed E-state index contributed by atoms with van der Waals surface area (Å²) in [5.41, 5.74) is 3.25. The lowest BCUT2D eigenvalue weighted by molar-refractivity contribution is -0.138. The molecule has 3 N–H and O–H groups in total. The topological polar surface area (TPSA) is 94.6 Å². The van der Waals surface area contributed by atoms with Crippen LogP contribution in [-0.4, -0.2) is 47.1 Å². The van der Waals surface area contributed by atoms with Crippen LogP contribution in [0.2, 0.25) is 0 Å². The van der Waals surface area contributed by atoms with Crippen LogP contribution >= 0.6 is 0 Å². The molecule has 0 spiro atoms. The summed E-state index contributed by atoms with van der Waals surface area (Å²) in [6.45, 7) is 12.7. The fourth-order valence-electron chi connectivity index (χ4n) is 4.62. The molecular formula is C36H47F3N4O3. The van der Waals surface area contributed by atoms with Gasteiger partial charge < -0.3 is 20.6 Å². The predicted molar refractivity (Wildman–Crippen MR) is 180 cm³/mol. The number of nitrogens with one attached hydrogen (secondary N) is 2. The number of hydrogen-bond donors (Lipinski definition) is 3. The van der Waals surface area contributed by atoms with Crippen molar-refractivity contribution in [1.29, 1.82) is 0 Å². The molecule has 1 unspecified atom stereocenters. The van der Waals surface area contributed by atoms with Crippen LogP contribution in [0.15, 0.2) is 72.9 Å². The number of halogens is 3. The van der Waals surface area contributed by atoms with Crippen LogP contribution in [0.3, 0.4) is 0 Å². The molecule has 1 atom stereocenters. The molecule has 250 valence electrons. The zero-order valence-electron chi connectivity index (χ0n) is 27.5. The maximum atomic E-state index is 13.2. The van der Waals surface area contributed by atoms with Gasteiger partial charge in [0.15, 0.2) is 0 Å². The van der Waals surface area contributed by atoms with Crippen molar-refractivity contribution < 1.29 is 27.9 Å². The van der Waals surface area contributed by atoms with Crippen LogP contribution in [0.25, 0.3) is 11.1 Å². The summed E-state index contributed by atoms with van der Waals surface area (Å²) in [6.07, 6.45) is 3.77. The maximum Gasteiger partial charge on any atom is 0.416 e. The quantitative estimate of drug-likeness (QED) is 0.233. The van der Waals surface area contributed by atoms with E-state index in [0.717, 1.165) is 35.9 Å². The normalized spacial score (nSPS) is 14.2.